The van der Waals surface area contributed by atoms with Gasteiger partial charge in [0.15, 0.2) is 0 Å². The Hall–Kier alpha value is -0.410. The number of hydrogen-bond acceptors (Lipinski definition) is 3. The van der Waals surface area contributed by atoms with Crippen molar-refractivity contribution in [2.24, 2.45) is 5.92 Å². The minimum Gasteiger partial charge on any atom is -0.393 e. The second-order valence-electron chi connectivity index (χ2n) is 4.10. The van der Waals surface area contributed by atoms with Gasteiger partial charge < -0.3 is 5.11 Å². The van der Waals surface area contributed by atoms with Crippen LogP contribution in [0.2, 0.25) is 0 Å². The molecule has 1 aromatic heterocycles. The summed E-state index contributed by atoms with van der Waals surface area (Å²) in [5.41, 5.74) is 1.13. The molecule has 1 N–H and O–H groups in total. The van der Waals surface area contributed by atoms with Crippen molar-refractivity contribution >= 4 is 11.3 Å². The van der Waals surface area contributed by atoms with Gasteiger partial charge in [0, 0.05) is 11.3 Å². The predicted octanol–water partition coefficient (Wildman–Crippen LogP) is 2.71. The Kier molecular flexibility index (Phi) is 4.08. The monoisotopic (exact) mass is 213 g/mol. The molecule has 80 valence electrons. The van der Waals surface area contributed by atoms with Crippen LogP contribution in [0.3, 0.4) is 0 Å². The van der Waals surface area contributed by atoms with Gasteiger partial charge in [-0.2, -0.15) is 0 Å². The number of aryl methyl sites for hydroxylation is 3. The highest BCUT2D eigenvalue weighted by Crippen LogP contribution is 2.19. The Morgan fingerprint density at radius 1 is 1.36 bits per heavy atom. The maximum absolute atomic E-state index is 9.64. The van der Waals surface area contributed by atoms with Crippen molar-refractivity contribution in [3.05, 3.63) is 15.6 Å². The third-order valence-corrected chi connectivity index (χ3v) is 3.63. The summed E-state index contributed by atoms with van der Waals surface area (Å²) in [6.45, 7) is 8.22. The van der Waals surface area contributed by atoms with Crippen LogP contribution in [0.15, 0.2) is 0 Å². The Balaban J connectivity index is 2.46. The Morgan fingerprint density at radius 2 is 2.00 bits per heavy atom. The minimum atomic E-state index is -0.195. The summed E-state index contributed by atoms with van der Waals surface area (Å²) in [7, 11) is 0. The molecule has 0 radical (unpaired) electrons. The summed E-state index contributed by atoms with van der Waals surface area (Å²) in [4.78, 5) is 5.74. The molecule has 1 heterocycles. The van der Waals surface area contributed by atoms with Gasteiger partial charge in [-0.3, -0.25) is 0 Å². The molecule has 1 unspecified atom stereocenters. The average Bonchev–Trinajstić information content (AvgIpc) is 2.42. The lowest BCUT2D eigenvalue weighted by Crippen LogP contribution is -2.15. The van der Waals surface area contributed by atoms with Crippen molar-refractivity contribution in [1.82, 2.24) is 4.98 Å². The van der Waals surface area contributed by atoms with Gasteiger partial charge in [-0.25, -0.2) is 4.98 Å². The van der Waals surface area contributed by atoms with E-state index in [1.807, 2.05) is 20.8 Å². The molecule has 0 bridgehead atoms. The molecule has 0 aliphatic heterocycles. The summed E-state index contributed by atoms with van der Waals surface area (Å²) < 4.78 is 0. The molecule has 2 nitrogen and oxygen atoms in total. The maximum atomic E-state index is 9.64. The fourth-order valence-corrected chi connectivity index (χ4v) is 2.20. The minimum absolute atomic E-state index is 0.195. The SMILES string of the molecule is Cc1nc(CCC(O)C(C)C)sc1C. The molecule has 0 aliphatic rings. The lowest BCUT2D eigenvalue weighted by Gasteiger charge is -2.12. The number of aliphatic hydroxyl groups is 1. The van der Waals surface area contributed by atoms with Crippen LogP contribution < -0.4 is 0 Å². The van der Waals surface area contributed by atoms with Gasteiger partial charge in [-0.15, -0.1) is 11.3 Å². The van der Waals surface area contributed by atoms with Crippen LogP contribution in [0, 0.1) is 19.8 Å². The zero-order valence-electron chi connectivity index (χ0n) is 9.37. The van der Waals surface area contributed by atoms with E-state index in [9.17, 15) is 5.11 Å². The first-order valence-electron chi connectivity index (χ1n) is 5.11. The summed E-state index contributed by atoms with van der Waals surface area (Å²) in [5, 5.41) is 10.8. The van der Waals surface area contributed by atoms with Gasteiger partial charge in [0.1, 0.15) is 0 Å². The topological polar surface area (TPSA) is 33.1 Å². The van der Waals surface area contributed by atoms with Crippen molar-refractivity contribution in [2.75, 3.05) is 0 Å². The molecular weight excluding hydrogens is 194 g/mol. The van der Waals surface area contributed by atoms with E-state index in [0.29, 0.717) is 5.92 Å². The lowest BCUT2D eigenvalue weighted by molar-refractivity contribution is 0.116. The van der Waals surface area contributed by atoms with Crippen LogP contribution in [0.1, 0.15) is 35.8 Å². The van der Waals surface area contributed by atoms with E-state index in [1.165, 1.54) is 4.88 Å². The number of aromatic nitrogens is 1. The Morgan fingerprint density at radius 3 is 2.43 bits per heavy atom. The Labute approximate surface area is 90.0 Å². The molecule has 0 saturated heterocycles. The van der Waals surface area contributed by atoms with Gasteiger partial charge in [-0.05, 0) is 26.2 Å². The molecule has 0 fully saturated rings. The zero-order valence-corrected chi connectivity index (χ0v) is 10.2. The second kappa shape index (κ2) is 4.89. The van der Waals surface area contributed by atoms with Crippen LogP contribution >= 0.6 is 11.3 Å². The van der Waals surface area contributed by atoms with Crippen molar-refractivity contribution in [3.63, 3.8) is 0 Å². The van der Waals surface area contributed by atoms with E-state index in [2.05, 4.69) is 11.9 Å². The summed E-state index contributed by atoms with van der Waals surface area (Å²) in [5.74, 6) is 0.345. The molecule has 0 aromatic carbocycles. The van der Waals surface area contributed by atoms with Crippen LogP contribution in [-0.2, 0) is 6.42 Å². The smallest absolute Gasteiger partial charge is 0.0931 e. The quantitative estimate of drug-likeness (QED) is 0.834. The number of hydrogen-bond donors (Lipinski definition) is 1. The number of rotatable bonds is 4. The van der Waals surface area contributed by atoms with E-state index < -0.39 is 0 Å². The summed E-state index contributed by atoms with van der Waals surface area (Å²) >= 11 is 1.75. The summed E-state index contributed by atoms with van der Waals surface area (Å²) in [6.07, 6.45) is 1.53. The van der Waals surface area contributed by atoms with Crippen molar-refractivity contribution < 1.29 is 5.11 Å². The molecule has 0 amide bonds. The van der Waals surface area contributed by atoms with Gasteiger partial charge in [-0.1, -0.05) is 13.8 Å². The third-order valence-electron chi connectivity index (χ3n) is 2.50. The van der Waals surface area contributed by atoms with E-state index in [1.54, 1.807) is 11.3 Å². The molecular formula is C11H19NOS. The van der Waals surface area contributed by atoms with Crippen LogP contribution in [0.4, 0.5) is 0 Å². The Bertz CT molecular complexity index is 274. The number of aliphatic hydroxyl groups excluding tert-OH is 1. The molecule has 0 saturated carbocycles. The van der Waals surface area contributed by atoms with E-state index in [-0.39, 0.29) is 6.10 Å². The van der Waals surface area contributed by atoms with E-state index in [0.717, 1.165) is 23.5 Å². The highest BCUT2D eigenvalue weighted by atomic mass is 32.1. The number of nitrogens with zero attached hydrogens (tertiary/aromatic N) is 1. The molecule has 3 heteroatoms. The fourth-order valence-electron chi connectivity index (χ4n) is 1.25. The van der Waals surface area contributed by atoms with Crippen LogP contribution in [0.5, 0.6) is 0 Å². The predicted molar refractivity (Wildman–Crippen MR) is 60.8 cm³/mol. The van der Waals surface area contributed by atoms with E-state index >= 15 is 0 Å². The highest BCUT2D eigenvalue weighted by molar-refractivity contribution is 7.11. The van der Waals surface area contributed by atoms with Crippen LogP contribution in [0.25, 0.3) is 0 Å². The normalized spacial score (nSPS) is 13.6. The second-order valence-corrected chi connectivity index (χ2v) is 5.39. The van der Waals surface area contributed by atoms with Gasteiger partial charge >= 0.3 is 0 Å². The van der Waals surface area contributed by atoms with Crippen molar-refractivity contribution in [2.45, 2.75) is 46.6 Å². The van der Waals surface area contributed by atoms with Crippen LogP contribution in [-0.4, -0.2) is 16.2 Å². The van der Waals surface area contributed by atoms with Gasteiger partial charge in [0.25, 0.3) is 0 Å². The lowest BCUT2D eigenvalue weighted by atomic mass is 10.0. The molecule has 14 heavy (non-hydrogen) atoms. The summed E-state index contributed by atoms with van der Waals surface area (Å²) in [6, 6.07) is 0. The third kappa shape index (κ3) is 3.07. The molecule has 1 rings (SSSR count). The average molecular weight is 213 g/mol. The maximum Gasteiger partial charge on any atom is 0.0931 e. The van der Waals surface area contributed by atoms with Gasteiger partial charge in [0.2, 0.25) is 0 Å². The standard InChI is InChI=1S/C11H19NOS/c1-7(2)10(13)5-6-11-12-8(3)9(4)14-11/h7,10,13H,5-6H2,1-4H3. The first-order valence-corrected chi connectivity index (χ1v) is 5.93. The largest absolute Gasteiger partial charge is 0.393 e. The van der Waals surface area contributed by atoms with Crippen molar-refractivity contribution in [1.29, 1.82) is 0 Å². The fraction of sp³-hybridized carbons (Fsp3) is 0.727. The molecule has 1 atom stereocenters. The zero-order chi connectivity index (χ0) is 10.7. The van der Waals surface area contributed by atoms with Gasteiger partial charge in [0.05, 0.1) is 16.8 Å². The first kappa shape index (κ1) is 11.7. The molecule has 1 aromatic rings. The molecule has 0 spiro atoms. The van der Waals surface area contributed by atoms with Crippen molar-refractivity contribution in [3.8, 4) is 0 Å². The first-order chi connectivity index (χ1) is 6.50. The van der Waals surface area contributed by atoms with E-state index in [4.69, 9.17) is 0 Å². The highest BCUT2D eigenvalue weighted by Gasteiger charge is 2.11. The number of thiazole rings is 1. The molecule has 0 aliphatic carbocycles.